The van der Waals surface area contributed by atoms with Crippen molar-refractivity contribution in [2.45, 2.75) is 66.4 Å². The maximum Gasteiger partial charge on any atom is 0.416 e. The number of nitrogens with zero attached hydrogens (tertiary/aromatic N) is 1. The fraction of sp³-hybridized carbons (Fsp3) is 0.364. The van der Waals surface area contributed by atoms with Crippen LogP contribution in [0.2, 0.25) is 0 Å². The lowest BCUT2D eigenvalue weighted by Gasteiger charge is -2.31. The van der Waals surface area contributed by atoms with E-state index in [0.717, 1.165) is 29.5 Å². The van der Waals surface area contributed by atoms with E-state index in [2.05, 4.69) is 34.4 Å². The van der Waals surface area contributed by atoms with Crippen LogP contribution < -0.4 is 32.7 Å². The topological polar surface area (TPSA) is 155 Å². The second-order valence-corrected chi connectivity index (χ2v) is 12.0. The van der Waals surface area contributed by atoms with Crippen LogP contribution in [-0.4, -0.2) is 60.9 Å². The van der Waals surface area contributed by atoms with Crippen LogP contribution in [0.5, 0.6) is 0 Å². The molecular weight excluding hydrogens is 631 g/mol. The first kappa shape index (κ1) is 37.3. The van der Waals surface area contributed by atoms with E-state index in [4.69, 9.17) is 11.5 Å². The summed E-state index contributed by atoms with van der Waals surface area (Å²) < 4.78 is 41.3. The number of alkyl halides is 3. The molecule has 2 aromatic carbocycles. The molecule has 3 atom stereocenters. The molecule has 0 unspecified atom stereocenters. The van der Waals surface area contributed by atoms with Crippen LogP contribution in [0, 0.1) is 0 Å². The van der Waals surface area contributed by atoms with E-state index in [0.29, 0.717) is 40.4 Å². The predicted octanol–water partition coefficient (Wildman–Crippen LogP) is 3.15. The van der Waals surface area contributed by atoms with Crippen molar-refractivity contribution in [1.82, 2.24) is 26.2 Å². The average Bonchev–Trinajstić information content (AvgIpc) is 3.04. The van der Waals surface area contributed by atoms with Gasteiger partial charge in [-0.25, -0.2) is 0 Å². The summed E-state index contributed by atoms with van der Waals surface area (Å²) >= 11 is 1.13. The molecule has 0 radical (unpaired) electrons. The molecule has 0 bridgehead atoms. The fourth-order valence-corrected chi connectivity index (χ4v) is 5.99. The molecule has 0 saturated carbocycles. The number of hydrogen-bond donors (Lipinski definition) is 6. The second kappa shape index (κ2) is 17.7. The minimum Gasteiger partial charge on any atom is -0.363 e. The molecule has 1 heterocycles. The molecule has 8 N–H and O–H groups in total. The maximum absolute atomic E-state index is 13.8. The number of amides is 3. The Bertz CT molecular complexity index is 1470. The first-order chi connectivity index (χ1) is 22.4. The van der Waals surface area contributed by atoms with Crippen LogP contribution in [0.3, 0.4) is 0 Å². The highest BCUT2D eigenvalue weighted by molar-refractivity contribution is 7.99. The number of likely N-dealkylation sites (N-methyl/N-ethyl adjacent to an activating group) is 1. The van der Waals surface area contributed by atoms with Gasteiger partial charge in [-0.1, -0.05) is 55.3 Å². The third-order valence-corrected chi connectivity index (χ3v) is 8.74. The first-order valence-corrected chi connectivity index (χ1v) is 15.9. The molecule has 1 aliphatic rings. The zero-order valence-electron chi connectivity index (χ0n) is 26.2. The van der Waals surface area contributed by atoms with Gasteiger partial charge in [0.05, 0.1) is 11.6 Å². The quantitative estimate of drug-likeness (QED) is 0.222. The minimum atomic E-state index is -4.58. The van der Waals surface area contributed by atoms with Crippen LogP contribution in [0.25, 0.3) is 0 Å². The number of nitrogens with two attached hydrogens (primary N) is 2. The Balaban J connectivity index is 2.10. The predicted molar refractivity (Wildman–Crippen MR) is 177 cm³/mol. The Kier molecular flexibility index (Phi) is 14.1. The van der Waals surface area contributed by atoms with E-state index in [-0.39, 0.29) is 26.1 Å². The number of halogens is 3. The lowest BCUT2D eigenvalue weighted by atomic mass is 10.1. The third kappa shape index (κ3) is 10.7. The van der Waals surface area contributed by atoms with E-state index in [1.807, 2.05) is 6.07 Å². The van der Waals surface area contributed by atoms with Crippen molar-refractivity contribution >= 4 is 29.5 Å². The van der Waals surface area contributed by atoms with Gasteiger partial charge in [0.1, 0.15) is 12.1 Å². The number of benzene rings is 2. The van der Waals surface area contributed by atoms with Gasteiger partial charge in [-0.15, -0.1) is 0 Å². The Morgan fingerprint density at radius 3 is 2.47 bits per heavy atom. The monoisotopic (exact) mass is 673 g/mol. The second-order valence-electron chi connectivity index (χ2n) is 10.9. The van der Waals surface area contributed by atoms with Crippen molar-refractivity contribution in [3.8, 4) is 0 Å². The molecule has 14 heteroatoms. The molecular formula is C33H42F3N7O3S. The summed E-state index contributed by atoms with van der Waals surface area (Å²) in [5.41, 5.74) is 12.5. The molecule has 0 spiro atoms. The van der Waals surface area contributed by atoms with Gasteiger partial charge in [-0.2, -0.15) is 13.2 Å². The van der Waals surface area contributed by atoms with Crippen LogP contribution in [-0.2, 0) is 33.6 Å². The van der Waals surface area contributed by atoms with Gasteiger partial charge in [0, 0.05) is 42.2 Å². The van der Waals surface area contributed by atoms with Gasteiger partial charge in [0.25, 0.3) is 0 Å². The van der Waals surface area contributed by atoms with Crippen molar-refractivity contribution in [2.24, 2.45) is 11.5 Å². The molecule has 3 amide bonds. The summed E-state index contributed by atoms with van der Waals surface area (Å²) in [4.78, 5) is 43.0. The number of nitrogens with one attached hydrogen (secondary N) is 4. The van der Waals surface area contributed by atoms with Crippen LogP contribution in [0.1, 0.15) is 36.0 Å². The number of carbonyl (C=O) groups is 3. The first-order valence-electron chi connectivity index (χ1n) is 15.1. The summed E-state index contributed by atoms with van der Waals surface area (Å²) in [6.07, 6.45) is 1.04. The molecule has 0 fully saturated rings. The summed E-state index contributed by atoms with van der Waals surface area (Å²) in [5.74, 6) is -1.62. The normalized spacial score (nSPS) is 20.1. The van der Waals surface area contributed by atoms with Crippen molar-refractivity contribution < 1.29 is 27.6 Å². The molecule has 254 valence electrons. The van der Waals surface area contributed by atoms with Crippen LogP contribution in [0.15, 0.2) is 89.5 Å². The smallest absolute Gasteiger partial charge is 0.363 e. The highest BCUT2D eigenvalue weighted by Crippen LogP contribution is 2.38. The van der Waals surface area contributed by atoms with Crippen LogP contribution >= 0.6 is 11.8 Å². The molecule has 47 heavy (non-hydrogen) atoms. The van der Waals surface area contributed by atoms with Gasteiger partial charge in [0.2, 0.25) is 17.7 Å². The Hall–Kier alpha value is -4.11. The summed E-state index contributed by atoms with van der Waals surface area (Å²) in [6, 6.07) is 7.58. The Morgan fingerprint density at radius 1 is 1.06 bits per heavy atom. The number of fused-ring (bicyclic) bond motifs is 2. The van der Waals surface area contributed by atoms with Crippen LogP contribution in [0.4, 0.5) is 13.2 Å². The zero-order chi connectivity index (χ0) is 34.6. The molecule has 3 rings (SSSR count). The highest BCUT2D eigenvalue weighted by atomic mass is 32.2. The highest BCUT2D eigenvalue weighted by Gasteiger charge is 2.34. The third-order valence-electron chi connectivity index (χ3n) is 7.53. The van der Waals surface area contributed by atoms with Crippen molar-refractivity contribution in [1.29, 1.82) is 0 Å². The molecule has 0 saturated heterocycles. The molecule has 1 aliphatic heterocycles. The number of carbonyl (C=O) groups excluding carboxylic acids is 3. The fourth-order valence-electron chi connectivity index (χ4n) is 4.87. The largest absolute Gasteiger partial charge is 0.416 e. The number of allylic oxidation sites excluding steroid dienone is 1. The van der Waals surface area contributed by atoms with E-state index in [1.165, 1.54) is 24.2 Å². The minimum absolute atomic E-state index is 0.0554. The molecule has 2 aromatic rings. The lowest BCUT2D eigenvalue weighted by Crippen LogP contribution is -2.58. The van der Waals surface area contributed by atoms with E-state index >= 15 is 0 Å². The Morgan fingerprint density at radius 2 is 1.79 bits per heavy atom. The summed E-state index contributed by atoms with van der Waals surface area (Å²) in [5, 5.41) is 11.6. The summed E-state index contributed by atoms with van der Waals surface area (Å²) in [7, 11) is 1.43. The molecule has 10 nitrogen and oxygen atoms in total. The van der Waals surface area contributed by atoms with Crippen molar-refractivity contribution in [3.05, 3.63) is 96.4 Å². The maximum atomic E-state index is 13.8. The average molecular weight is 674 g/mol. The van der Waals surface area contributed by atoms with Gasteiger partial charge >= 0.3 is 6.18 Å². The van der Waals surface area contributed by atoms with Crippen molar-refractivity contribution in [3.63, 3.8) is 0 Å². The van der Waals surface area contributed by atoms with Gasteiger partial charge in [-0.05, 0) is 67.4 Å². The molecule has 0 aromatic heterocycles. The van der Waals surface area contributed by atoms with E-state index < -0.39 is 47.6 Å². The van der Waals surface area contributed by atoms with E-state index in [1.54, 1.807) is 30.4 Å². The number of hydrogen-bond acceptors (Lipinski definition) is 8. The van der Waals surface area contributed by atoms with Gasteiger partial charge < -0.3 is 37.6 Å². The number of rotatable bonds is 9. The Labute approximate surface area is 277 Å². The van der Waals surface area contributed by atoms with Gasteiger partial charge in [-0.3, -0.25) is 14.4 Å². The molecule has 0 aliphatic carbocycles. The lowest BCUT2D eigenvalue weighted by molar-refractivity contribution is -0.141. The van der Waals surface area contributed by atoms with E-state index in [9.17, 15) is 27.6 Å². The zero-order valence-corrected chi connectivity index (χ0v) is 27.1. The van der Waals surface area contributed by atoms with Crippen molar-refractivity contribution in [2.75, 3.05) is 20.1 Å². The standard InChI is InChI=1S/C33H42F3N7O3S/c1-4-39-21(2)9-7-12-27-31(45)41-20-23-14-15-24(33(34,35)36)17-29(23)47-28-13-6-5-10-22(28)19-40-25(11-8-16-37)30(44)42-26(18-38)32(46)43(27)3/h4-7,9-10,13-15,17,25-27,39-40H,1-2,8,11-12,16,18-20,37-38H2,3H3,(H,41,45)(H,42,44)/b9-7-/t25-,26-,27-/m0/s1. The van der Waals surface area contributed by atoms with Gasteiger partial charge in [0.15, 0.2) is 0 Å². The summed E-state index contributed by atoms with van der Waals surface area (Å²) in [6.45, 7) is 7.61. The SMILES string of the molecule is C=CNC(=C)/C=C\C[C@H]1C(=O)NCc2ccc(C(F)(F)F)cc2Sc2ccccc2CN[C@@H](CCCN)C(=O)N[C@@H](CN)C(=O)N1C.